The van der Waals surface area contributed by atoms with Crippen LogP contribution < -0.4 is 14.2 Å². The molecule has 1 heterocycles. The van der Waals surface area contributed by atoms with Gasteiger partial charge in [0, 0.05) is 23.7 Å². The van der Waals surface area contributed by atoms with Gasteiger partial charge in [-0.3, -0.25) is 9.40 Å². The average Bonchev–Trinajstić information content (AvgIpc) is 3.02. The van der Waals surface area contributed by atoms with Gasteiger partial charge >= 0.3 is 0 Å². The number of hydrogen-bond donors (Lipinski definition) is 1. The molecule has 0 aliphatic carbocycles. The molecule has 7 nitrogen and oxygen atoms in total. The molecule has 26 heavy (non-hydrogen) atoms. The van der Waals surface area contributed by atoms with Crippen molar-refractivity contribution in [3.8, 4) is 11.5 Å². The second kappa shape index (κ2) is 7.19. The van der Waals surface area contributed by atoms with Crippen molar-refractivity contribution in [1.82, 2.24) is 9.78 Å². The summed E-state index contributed by atoms with van der Waals surface area (Å²) in [6.07, 6.45) is 1.57. The molecule has 2 rings (SSSR count). The van der Waals surface area contributed by atoms with E-state index in [4.69, 9.17) is 9.47 Å². The van der Waals surface area contributed by atoms with E-state index in [1.807, 2.05) is 34.6 Å². The number of nitrogens with one attached hydrogen (secondary N) is 1. The van der Waals surface area contributed by atoms with Crippen molar-refractivity contribution < 1.29 is 17.9 Å². The van der Waals surface area contributed by atoms with E-state index in [2.05, 4.69) is 9.82 Å². The van der Waals surface area contributed by atoms with Crippen molar-refractivity contribution >= 4 is 15.7 Å². The third kappa shape index (κ3) is 4.12. The molecule has 8 heteroatoms. The number of anilines is 1. The van der Waals surface area contributed by atoms with E-state index in [9.17, 15) is 8.42 Å². The van der Waals surface area contributed by atoms with Crippen LogP contribution >= 0.6 is 0 Å². The summed E-state index contributed by atoms with van der Waals surface area (Å²) < 4.78 is 40.9. The van der Waals surface area contributed by atoms with Crippen LogP contribution in [0.25, 0.3) is 0 Å². The van der Waals surface area contributed by atoms with Gasteiger partial charge in [0.1, 0.15) is 16.4 Å². The summed E-state index contributed by atoms with van der Waals surface area (Å²) in [5, 5.41) is 4.51. The maximum atomic E-state index is 13.1. The Balaban J connectivity index is 2.52. The number of aromatic nitrogens is 2. The second-order valence-electron chi connectivity index (χ2n) is 7.34. The number of hydrogen-bond acceptors (Lipinski definition) is 5. The SMILES string of the molecule is COc1ccc(NS(=O)(=O)c2cn(C(C)C)nc2C(C)(C)C)c(OC)c1. The van der Waals surface area contributed by atoms with Crippen molar-refractivity contribution in [3.63, 3.8) is 0 Å². The first kappa shape index (κ1) is 20.1. The van der Waals surface area contributed by atoms with E-state index in [1.54, 1.807) is 29.1 Å². The van der Waals surface area contributed by atoms with Crippen molar-refractivity contribution in [2.45, 2.75) is 51.0 Å². The minimum Gasteiger partial charge on any atom is -0.497 e. The van der Waals surface area contributed by atoms with E-state index in [-0.39, 0.29) is 10.9 Å². The fourth-order valence-electron chi connectivity index (χ4n) is 2.44. The first-order valence-electron chi connectivity index (χ1n) is 8.34. The predicted molar refractivity (Wildman–Crippen MR) is 102 cm³/mol. The van der Waals surface area contributed by atoms with Gasteiger partial charge in [0.25, 0.3) is 10.0 Å². The molecule has 2 aromatic rings. The lowest BCUT2D eigenvalue weighted by Gasteiger charge is -2.18. The minimum atomic E-state index is -3.85. The Morgan fingerprint density at radius 3 is 2.31 bits per heavy atom. The number of nitrogens with zero attached hydrogens (tertiary/aromatic N) is 2. The molecule has 0 saturated carbocycles. The Kier molecular flexibility index (Phi) is 5.55. The zero-order valence-electron chi connectivity index (χ0n) is 16.3. The van der Waals surface area contributed by atoms with E-state index in [0.717, 1.165) is 0 Å². The lowest BCUT2D eigenvalue weighted by atomic mass is 9.92. The van der Waals surface area contributed by atoms with Crippen LogP contribution in [0, 0.1) is 0 Å². The molecule has 0 radical (unpaired) electrons. The normalized spacial score (nSPS) is 12.3. The number of methoxy groups -OCH3 is 2. The topological polar surface area (TPSA) is 82.5 Å². The second-order valence-corrected chi connectivity index (χ2v) is 8.99. The molecule has 0 aliphatic rings. The molecule has 0 aliphatic heterocycles. The largest absolute Gasteiger partial charge is 0.497 e. The smallest absolute Gasteiger partial charge is 0.265 e. The number of rotatable bonds is 6. The van der Waals surface area contributed by atoms with Crippen molar-refractivity contribution in [1.29, 1.82) is 0 Å². The zero-order chi connectivity index (χ0) is 19.7. The standard InChI is InChI=1S/C18H27N3O4S/c1-12(2)21-11-16(17(19-21)18(3,4)5)26(22,23)20-14-9-8-13(24-6)10-15(14)25-7/h8-12,20H,1-7H3. The maximum absolute atomic E-state index is 13.1. The molecule has 1 aromatic carbocycles. The fourth-order valence-corrected chi connectivity index (χ4v) is 3.85. The van der Waals surface area contributed by atoms with Gasteiger partial charge < -0.3 is 9.47 Å². The van der Waals surface area contributed by atoms with Crippen molar-refractivity contribution in [2.75, 3.05) is 18.9 Å². The molecule has 0 atom stereocenters. The number of benzene rings is 1. The first-order valence-corrected chi connectivity index (χ1v) is 9.82. The van der Waals surface area contributed by atoms with Gasteiger partial charge in [0.05, 0.1) is 25.6 Å². The summed E-state index contributed by atoms with van der Waals surface area (Å²) in [6, 6.07) is 4.96. The number of ether oxygens (including phenoxy) is 2. The van der Waals surface area contributed by atoms with Gasteiger partial charge in [-0.05, 0) is 26.0 Å². The van der Waals surface area contributed by atoms with Gasteiger partial charge in [-0.15, -0.1) is 0 Å². The van der Waals surface area contributed by atoms with E-state index >= 15 is 0 Å². The summed E-state index contributed by atoms with van der Waals surface area (Å²) in [6.45, 7) is 9.72. The highest BCUT2D eigenvalue weighted by molar-refractivity contribution is 7.92. The summed E-state index contributed by atoms with van der Waals surface area (Å²) in [7, 11) is -0.834. The summed E-state index contributed by atoms with van der Waals surface area (Å²) in [4.78, 5) is 0.163. The Morgan fingerprint density at radius 1 is 1.15 bits per heavy atom. The molecule has 0 unspecified atom stereocenters. The van der Waals surface area contributed by atoms with Crippen LogP contribution in [-0.4, -0.2) is 32.4 Å². The molecule has 1 aromatic heterocycles. The molecule has 0 bridgehead atoms. The lowest BCUT2D eigenvalue weighted by Crippen LogP contribution is -2.20. The Hall–Kier alpha value is -2.22. The molecular formula is C18H27N3O4S. The van der Waals surface area contributed by atoms with Gasteiger partial charge in [0.15, 0.2) is 0 Å². The number of sulfonamides is 1. The summed E-state index contributed by atoms with van der Waals surface area (Å²) in [5.74, 6) is 0.953. The summed E-state index contributed by atoms with van der Waals surface area (Å²) in [5.41, 5.74) is 0.436. The van der Waals surface area contributed by atoms with Crippen LogP contribution in [0.5, 0.6) is 11.5 Å². The Morgan fingerprint density at radius 2 is 1.81 bits per heavy atom. The van der Waals surface area contributed by atoms with Crippen LogP contribution in [0.3, 0.4) is 0 Å². The van der Waals surface area contributed by atoms with Gasteiger partial charge in [-0.2, -0.15) is 5.10 Å². The molecule has 0 amide bonds. The van der Waals surface area contributed by atoms with Crippen molar-refractivity contribution in [2.24, 2.45) is 0 Å². The quantitative estimate of drug-likeness (QED) is 0.827. The fraction of sp³-hybridized carbons (Fsp3) is 0.500. The van der Waals surface area contributed by atoms with Gasteiger partial charge in [-0.25, -0.2) is 8.42 Å². The highest BCUT2D eigenvalue weighted by Gasteiger charge is 2.31. The molecule has 0 saturated heterocycles. The van der Waals surface area contributed by atoms with E-state index < -0.39 is 15.4 Å². The molecule has 0 spiro atoms. The van der Waals surface area contributed by atoms with E-state index in [1.165, 1.54) is 14.2 Å². The zero-order valence-corrected chi connectivity index (χ0v) is 17.1. The molecule has 1 N–H and O–H groups in total. The highest BCUT2D eigenvalue weighted by Crippen LogP contribution is 2.33. The molecule has 0 fully saturated rings. The molecule has 144 valence electrons. The predicted octanol–water partition coefficient (Wildman–Crippen LogP) is 3.58. The third-order valence-electron chi connectivity index (χ3n) is 3.88. The maximum Gasteiger partial charge on any atom is 0.265 e. The molecular weight excluding hydrogens is 354 g/mol. The Labute approximate surface area is 155 Å². The Bertz CT molecular complexity index is 880. The van der Waals surface area contributed by atoms with Crippen LogP contribution in [0.4, 0.5) is 5.69 Å². The van der Waals surface area contributed by atoms with E-state index in [0.29, 0.717) is 22.9 Å². The van der Waals surface area contributed by atoms with Crippen LogP contribution in [0.1, 0.15) is 46.4 Å². The van der Waals surface area contributed by atoms with Crippen molar-refractivity contribution in [3.05, 3.63) is 30.1 Å². The monoisotopic (exact) mass is 381 g/mol. The minimum absolute atomic E-state index is 0.0515. The van der Waals surface area contributed by atoms with Gasteiger partial charge in [0.2, 0.25) is 0 Å². The first-order chi connectivity index (χ1) is 12.0. The summed E-state index contributed by atoms with van der Waals surface area (Å²) >= 11 is 0. The lowest BCUT2D eigenvalue weighted by molar-refractivity contribution is 0.395. The van der Waals surface area contributed by atoms with Gasteiger partial charge in [-0.1, -0.05) is 20.8 Å². The van der Waals surface area contributed by atoms with Crippen LogP contribution in [0.2, 0.25) is 0 Å². The van der Waals surface area contributed by atoms with Crippen LogP contribution in [-0.2, 0) is 15.4 Å². The van der Waals surface area contributed by atoms with Crippen LogP contribution in [0.15, 0.2) is 29.3 Å². The average molecular weight is 381 g/mol. The highest BCUT2D eigenvalue weighted by atomic mass is 32.2. The third-order valence-corrected chi connectivity index (χ3v) is 5.25.